The third kappa shape index (κ3) is 2.68. The summed E-state index contributed by atoms with van der Waals surface area (Å²) in [5, 5.41) is 1.19. The van der Waals surface area contributed by atoms with Crippen LogP contribution in [-0.4, -0.2) is 17.6 Å². The van der Waals surface area contributed by atoms with Gasteiger partial charge in [0.05, 0.1) is 23.2 Å². The predicted molar refractivity (Wildman–Crippen MR) is 68.4 cm³/mol. The molecule has 0 aliphatic heterocycles. The summed E-state index contributed by atoms with van der Waals surface area (Å²) in [4.78, 5) is 17.7. The molecule has 0 bridgehead atoms. The molecule has 2 rings (SSSR count). The van der Waals surface area contributed by atoms with Crippen molar-refractivity contribution >= 4 is 17.3 Å². The molecule has 1 aromatic heterocycles. The van der Waals surface area contributed by atoms with Crippen LogP contribution < -0.4 is 0 Å². The summed E-state index contributed by atoms with van der Waals surface area (Å²) < 4.78 is 5.09. The van der Waals surface area contributed by atoms with Crippen molar-refractivity contribution in [3.63, 3.8) is 0 Å². The molecule has 17 heavy (non-hydrogen) atoms. The van der Waals surface area contributed by atoms with Gasteiger partial charge in [-0.2, -0.15) is 0 Å². The van der Waals surface area contributed by atoms with E-state index >= 15 is 0 Å². The maximum Gasteiger partial charge on any atom is 0.309 e. The van der Waals surface area contributed by atoms with Crippen LogP contribution in [0.5, 0.6) is 0 Å². The molecule has 1 aliphatic carbocycles. The number of thiazole rings is 1. The molecule has 1 unspecified atom stereocenters. The quantitative estimate of drug-likeness (QED) is 0.777. The molecule has 0 spiro atoms. The van der Waals surface area contributed by atoms with Crippen molar-refractivity contribution in [3.05, 3.63) is 15.6 Å². The van der Waals surface area contributed by atoms with E-state index in [1.807, 2.05) is 18.3 Å². The van der Waals surface area contributed by atoms with Gasteiger partial charge in [0.2, 0.25) is 0 Å². The van der Waals surface area contributed by atoms with Crippen LogP contribution in [0.4, 0.5) is 0 Å². The van der Waals surface area contributed by atoms with Crippen LogP contribution in [0.1, 0.15) is 48.7 Å². The number of rotatable bonds is 3. The van der Waals surface area contributed by atoms with Gasteiger partial charge in [0.1, 0.15) is 0 Å². The van der Waals surface area contributed by atoms with Crippen molar-refractivity contribution in [3.8, 4) is 0 Å². The van der Waals surface area contributed by atoms with Crippen molar-refractivity contribution in [1.29, 1.82) is 0 Å². The average molecular weight is 253 g/mol. The molecule has 94 valence electrons. The van der Waals surface area contributed by atoms with Crippen LogP contribution in [0, 0.1) is 5.92 Å². The second-order valence-corrected chi connectivity index (χ2v) is 5.88. The summed E-state index contributed by atoms with van der Waals surface area (Å²) in [6.45, 7) is 6.64. The van der Waals surface area contributed by atoms with E-state index in [4.69, 9.17) is 4.74 Å². The van der Waals surface area contributed by atoms with Gasteiger partial charge in [-0.15, -0.1) is 11.3 Å². The molecular formula is C13H19NO2S. The number of nitrogens with zero attached hydrogens (tertiary/aromatic N) is 1. The highest BCUT2D eigenvalue weighted by Gasteiger charge is 2.28. The third-order valence-electron chi connectivity index (χ3n) is 3.07. The minimum Gasteiger partial charge on any atom is -0.466 e. The molecule has 0 fully saturated rings. The van der Waals surface area contributed by atoms with Crippen LogP contribution in [0.15, 0.2) is 0 Å². The first kappa shape index (κ1) is 12.6. The van der Waals surface area contributed by atoms with Gasteiger partial charge in [0.25, 0.3) is 0 Å². The van der Waals surface area contributed by atoms with E-state index in [2.05, 4.69) is 18.8 Å². The molecule has 0 N–H and O–H groups in total. The number of hydrogen-bond donors (Lipinski definition) is 0. The van der Waals surface area contributed by atoms with Gasteiger partial charge in [-0.05, 0) is 19.8 Å². The zero-order valence-corrected chi connectivity index (χ0v) is 11.5. The van der Waals surface area contributed by atoms with Crippen LogP contribution in [0.3, 0.4) is 0 Å². The Balaban J connectivity index is 2.10. The molecular weight excluding hydrogens is 234 g/mol. The standard InChI is InChI=1S/C13H19NO2S/c1-4-16-13(15)9-5-6-11-10(7-9)14-12(17-11)8(2)3/h8-9H,4-7H2,1-3H3. The van der Waals surface area contributed by atoms with E-state index in [-0.39, 0.29) is 11.9 Å². The van der Waals surface area contributed by atoms with Crippen molar-refractivity contribution < 1.29 is 9.53 Å². The van der Waals surface area contributed by atoms with E-state index < -0.39 is 0 Å². The molecule has 1 atom stereocenters. The maximum atomic E-state index is 11.7. The Bertz CT molecular complexity index is 412. The first-order valence-electron chi connectivity index (χ1n) is 6.27. The molecule has 0 saturated carbocycles. The smallest absolute Gasteiger partial charge is 0.309 e. The number of ether oxygens (including phenoxy) is 1. The maximum absolute atomic E-state index is 11.7. The number of esters is 1. The molecule has 0 radical (unpaired) electrons. The fraction of sp³-hybridized carbons (Fsp3) is 0.692. The summed E-state index contributed by atoms with van der Waals surface area (Å²) in [6, 6.07) is 0. The van der Waals surface area contributed by atoms with E-state index in [1.54, 1.807) is 0 Å². The van der Waals surface area contributed by atoms with Crippen LogP contribution in [0.2, 0.25) is 0 Å². The number of aryl methyl sites for hydroxylation is 1. The SMILES string of the molecule is CCOC(=O)C1CCc2sc(C(C)C)nc2C1. The van der Waals surface area contributed by atoms with E-state index in [0.717, 1.165) is 25.0 Å². The van der Waals surface area contributed by atoms with Gasteiger partial charge in [0.15, 0.2) is 0 Å². The van der Waals surface area contributed by atoms with Crippen LogP contribution >= 0.6 is 11.3 Å². The zero-order valence-electron chi connectivity index (χ0n) is 10.7. The molecule has 1 aliphatic rings. The van der Waals surface area contributed by atoms with Gasteiger partial charge in [-0.3, -0.25) is 4.79 Å². The monoisotopic (exact) mass is 253 g/mol. The fourth-order valence-electron chi connectivity index (χ4n) is 2.11. The van der Waals surface area contributed by atoms with Gasteiger partial charge < -0.3 is 4.74 Å². The number of carbonyl (C=O) groups excluding carboxylic acids is 1. The number of hydrogen-bond acceptors (Lipinski definition) is 4. The van der Waals surface area contributed by atoms with Crippen molar-refractivity contribution in [2.24, 2.45) is 5.92 Å². The number of fused-ring (bicyclic) bond motifs is 1. The lowest BCUT2D eigenvalue weighted by atomic mass is 9.91. The highest BCUT2D eigenvalue weighted by molar-refractivity contribution is 7.11. The Morgan fingerprint density at radius 3 is 3.00 bits per heavy atom. The largest absolute Gasteiger partial charge is 0.466 e. The van der Waals surface area contributed by atoms with Gasteiger partial charge in [0, 0.05) is 17.2 Å². The lowest BCUT2D eigenvalue weighted by molar-refractivity contribution is -0.148. The molecule has 1 aromatic rings. The lowest BCUT2D eigenvalue weighted by Gasteiger charge is -2.19. The minimum absolute atomic E-state index is 0.0181. The zero-order chi connectivity index (χ0) is 12.4. The minimum atomic E-state index is -0.0581. The summed E-state index contributed by atoms with van der Waals surface area (Å²) in [5.41, 5.74) is 1.13. The summed E-state index contributed by atoms with van der Waals surface area (Å²) in [7, 11) is 0. The molecule has 3 nitrogen and oxygen atoms in total. The summed E-state index contributed by atoms with van der Waals surface area (Å²) in [6.07, 6.45) is 2.64. The Morgan fingerprint density at radius 2 is 2.35 bits per heavy atom. The highest BCUT2D eigenvalue weighted by atomic mass is 32.1. The van der Waals surface area contributed by atoms with E-state index in [1.165, 1.54) is 9.88 Å². The molecule has 4 heteroatoms. The molecule has 0 saturated heterocycles. The first-order valence-corrected chi connectivity index (χ1v) is 7.08. The molecule has 0 amide bonds. The Morgan fingerprint density at radius 1 is 1.59 bits per heavy atom. The topological polar surface area (TPSA) is 39.2 Å². The first-order chi connectivity index (χ1) is 8.11. The second kappa shape index (κ2) is 5.17. The van der Waals surface area contributed by atoms with Gasteiger partial charge in [-0.1, -0.05) is 13.8 Å². The van der Waals surface area contributed by atoms with Crippen LogP contribution in [0.25, 0.3) is 0 Å². The summed E-state index contributed by atoms with van der Waals surface area (Å²) in [5.74, 6) is 0.438. The Kier molecular flexibility index (Phi) is 3.82. The van der Waals surface area contributed by atoms with Gasteiger partial charge >= 0.3 is 5.97 Å². The van der Waals surface area contributed by atoms with E-state index in [9.17, 15) is 4.79 Å². The number of carbonyl (C=O) groups is 1. The van der Waals surface area contributed by atoms with Crippen LogP contribution in [-0.2, 0) is 22.4 Å². The Hall–Kier alpha value is -0.900. The molecule has 0 aromatic carbocycles. The third-order valence-corrected chi connectivity index (χ3v) is 4.53. The molecule has 1 heterocycles. The van der Waals surface area contributed by atoms with Crippen molar-refractivity contribution in [2.45, 2.75) is 46.0 Å². The lowest BCUT2D eigenvalue weighted by Crippen LogP contribution is -2.24. The summed E-state index contributed by atoms with van der Waals surface area (Å²) >= 11 is 1.81. The number of aromatic nitrogens is 1. The highest BCUT2D eigenvalue weighted by Crippen LogP contribution is 2.32. The predicted octanol–water partition coefficient (Wildman–Crippen LogP) is 2.93. The normalized spacial score (nSPS) is 19.2. The van der Waals surface area contributed by atoms with Crippen molar-refractivity contribution in [2.75, 3.05) is 6.61 Å². The van der Waals surface area contributed by atoms with E-state index in [0.29, 0.717) is 12.5 Å². The average Bonchev–Trinajstić information content (AvgIpc) is 2.71. The fourth-order valence-corrected chi connectivity index (χ4v) is 3.22. The van der Waals surface area contributed by atoms with Gasteiger partial charge in [-0.25, -0.2) is 4.98 Å². The Labute approximate surface area is 106 Å². The van der Waals surface area contributed by atoms with Crippen molar-refractivity contribution in [1.82, 2.24) is 4.98 Å². The second-order valence-electron chi connectivity index (χ2n) is 4.77.